The summed E-state index contributed by atoms with van der Waals surface area (Å²) in [4.78, 5) is 12.5. The molecular formula is C10H17F2N3O4. The molecule has 2 aliphatic rings. The van der Waals surface area contributed by atoms with Gasteiger partial charge in [0.2, 0.25) is 6.23 Å². The highest BCUT2D eigenvalue weighted by Crippen LogP contribution is 2.38. The van der Waals surface area contributed by atoms with Gasteiger partial charge in [0.1, 0.15) is 6.10 Å². The number of nitrogens with one attached hydrogen (secondary N) is 1. The molecule has 2 fully saturated rings. The predicted octanol–water partition coefficient (Wildman–Crippen LogP) is -1.35. The van der Waals surface area contributed by atoms with Crippen LogP contribution in [-0.4, -0.2) is 64.8 Å². The van der Waals surface area contributed by atoms with Gasteiger partial charge in [-0.25, -0.2) is 4.79 Å². The summed E-state index contributed by atoms with van der Waals surface area (Å²) in [6.07, 6.45) is -6.09. The Morgan fingerprint density at radius 3 is 2.79 bits per heavy atom. The standard InChI is InChI=1S/C10H17F2N3O4/c1-4-2-15(9(18)14-7(4)13)8-10(11,12)6(17)5(3-16)19-8/h4-8,16-17H,2-3,13H2,1H3,(H,14,18)/t4-,5+,6-,7?,8-/m0/s1. The molecular weight excluding hydrogens is 264 g/mol. The van der Waals surface area contributed by atoms with Crippen molar-refractivity contribution in [3.63, 3.8) is 0 Å². The third kappa shape index (κ3) is 2.27. The second-order valence-electron chi connectivity index (χ2n) is 4.93. The molecule has 5 atom stereocenters. The van der Waals surface area contributed by atoms with Gasteiger partial charge < -0.3 is 26.0 Å². The van der Waals surface area contributed by atoms with Gasteiger partial charge in [0.15, 0.2) is 6.10 Å². The molecule has 0 saturated carbocycles. The summed E-state index contributed by atoms with van der Waals surface area (Å²) in [5, 5.41) is 20.6. The largest absolute Gasteiger partial charge is 0.394 e. The Labute approximate surface area is 108 Å². The lowest BCUT2D eigenvalue weighted by atomic mass is 10.0. The van der Waals surface area contributed by atoms with Gasteiger partial charge in [-0.1, -0.05) is 6.92 Å². The van der Waals surface area contributed by atoms with E-state index in [2.05, 4.69) is 5.32 Å². The van der Waals surface area contributed by atoms with Crippen molar-refractivity contribution >= 4 is 6.03 Å². The topological polar surface area (TPSA) is 108 Å². The second kappa shape index (κ2) is 4.82. The van der Waals surface area contributed by atoms with E-state index in [-0.39, 0.29) is 12.5 Å². The van der Waals surface area contributed by atoms with Crippen LogP contribution in [0.1, 0.15) is 6.92 Å². The molecule has 2 heterocycles. The molecule has 2 aliphatic heterocycles. The molecule has 0 aromatic carbocycles. The zero-order valence-electron chi connectivity index (χ0n) is 10.3. The van der Waals surface area contributed by atoms with Gasteiger partial charge in [-0.2, -0.15) is 8.78 Å². The lowest BCUT2D eigenvalue weighted by Gasteiger charge is -2.39. The Morgan fingerprint density at radius 2 is 2.26 bits per heavy atom. The number of carbonyl (C=O) groups is 1. The van der Waals surface area contributed by atoms with Crippen molar-refractivity contribution < 1.29 is 28.5 Å². The van der Waals surface area contributed by atoms with Gasteiger partial charge in [0.25, 0.3) is 0 Å². The molecule has 0 radical (unpaired) electrons. The summed E-state index contributed by atoms with van der Waals surface area (Å²) in [5.74, 6) is -3.89. The van der Waals surface area contributed by atoms with E-state index in [1.807, 2.05) is 0 Å². The van der Waals surface area contributed by atoms with Crippen molar-refractivity contribution in [1.82, 2.24) is 10.2 Å². The van der Waals surface area contributed by atoms with Crippen molar-refractivity contribution in [2.75, 3.05) is 13.2 Å². The van der Waals surface area contributed by atoms with Crippen LogP contribution >= 0.6 is 0 Å². The third-order valence-electron chi connectivity index (χ3n) is 3.49. The Hall–Kier alpha value is -1.03. The van der Waals surface area contributed by atoms with Crippen LogP contribution in [0.3, 0.4) is 0 Å². The van der Waals surface area contributed by atoms with E-state index in [1.54, 1.807) is 6.92 Å². The minimum absolute atomic E-state index is 0.0157. The van der Waals surface area contributed by atoms with Crippen LogP contribution in [0.5, 0.6) is 0 Å². The molecule has 110 valence electrons. The number of hydrogen-bond acceptors (Lipinski definition) is 5. The predicted molar refractivity (Wildman–Crippen MR) is 59.1 cm³/mol. The van der Waals surface area contributed by atoms with E-state index in [9.17, 15) is 18.7 Å². The Bertz CT molecular complexity index is 371. The van der Waals surface area contributed by atoms with E-state index >= 15 is 0 Å². The molecule has 19 heavy (non-hydrogen) atoms. The Morgan fingerprint density at radius 1 is 1.63 bits per heavy atom. The summed E-state index contributed by atoms with van der Waals surface area (Å²) >= 11 is 0. The van der Waals surface area contributed by atoms with Crippen molar-refractivity contribution in [2.45, 2.75) is 37.4 Å². The van der Waals surface area contributed by atoms with Crippen molar-refractivity contribution in [3.05, 3.63) is 0 Å². The number of ether oxygens (including phenoxy) is 1. The summed E-state index contributed by atoms with van der Waals surface area (Å²) in [6, 6.07) is -0.777. The Kier molecular flexibility index (Phi) is 3.65. The molecule has 1 unspecified atom stereocenters. The lowest BCUT2D eigenvalue weighted by Crippen LogP contribution is -2.64. The number of halogens is 2. The van der Waals surface area contributed by atoms with Crippen molar-refractivity contribution in [2.24, 2.45) is 11.7 Å². The number of nitrogens with two attached hydrogens (primary N) is 1. The zero-order chi connectivity index (χ0) is 14.4. The summed E-state index contributed by atoms with van der Waals surface area (Å²) in [6.45, 7) is 0.931. The third-order valence-corrected chi connectivity index (χ3v) is 3.49. The van der Waals surface area contributed by atoms with Gasteiger partial charge in [0.05, 0.1) is 12.8 Å². The van der Waals surface area contributed by atoms with Crippen molar-refractivity contribution in [3.8, 4) is 0 Å². The van der Waals surface area contributed by atoms with Crippen LogP contribution in [0.2, 0.25) is 0 Å². The number of aliphatic hydroxyl groups is 2. The van der Waals surface area contributed by atoms with Crippen LogP contribution in [0.25, 0.3) is 0 Å². The fourth-order valence-electron chi connectivity index (χ4n) is 2.23. The lowest BCUT2D eigenvalue weighted by molar-refractivity contribution is -0.159. The first-order valence-corrected chi connectivity index (χ1v) is 5.94. The molecule has 7 nitrogen and oxygen atoms in total. The number of aliphatic hydroxyl groups excluding tert-OH is 2. The quantitative estimate of drug-likeness (QED) is 0.500. The minimum atomic E-state index is -3.65. The van der Waals surface area contributed by atoms with Gasteiger partial charge in [-0.15, -0.1) is 0 Å². The molecule has 5 N–H and O–H groups in total. The number of urea groups is 1. The van der Waals surface area contributed by atoms with Crippen LogP contribution < -0.4 is 11.1 Å². The van der Waals surface area contributed by atoms with Crippen LogP contribution in [-0.2, 0) is 4.74 Å². The SMILES string of the molecule is C[C@H]1CN([C@H]2O[C@H](CO)[C@H](O)C2(F)F)C(=O)NC1N. The van der Waals surface area contributed by atoms with Gasteiger partial charge >= 0.3 is 12.0 Å². The van der Waals surface area contributed by atoms with E-state index in [0.29, 0.717) is 0 Å². The number of hydrogen-bond donors (Lipinski definition) is 4. The monoisotopic (exact) mass is 281 g/mol. The highest BCUT2D eigenvalue weighted by atomic mass is 19.3. The van der Waals surface area contributed by atoms with E-state index in [1.165, 1.54) is 0 Å². The zero-order valence-corrected chi connectivity index (χ0v) is 10.3. The molecule has 9 heteroatoms. The molecule has 0 aliphatic carbocycles. The molecule has 2 amide bonds. The molecule has 0 bridgehead atoms. The average Bonchev–Trinajstić information content (AvgIpc) is 2.56. The normalized spacial score (nSPS) is 42.3. The van der Waals surface area contributed by atoms with Crippen LogP contribution in [0, 0.1) is 5.92 Å². The maximum Gasteiger partial charge on any atom is 0.320 e. The highest BCUT2D eigenvalue weighted by Gasteiger charge is 2.61. The number of rotatable bonds is 2. The first kappa shape index (κ1) is 14.4. The fraction of sp³-hybridized carbons (Fsp3) is 0.900. The highest BCUT2D eigenvalue weighted by molar-refractivity contribution is 5.75. The van der Waals surface area contributed by atoms with Gasteiger partial charge in [-0.3, -0.25) is 4.90 Å². The fourth-order valence-corrected chi connectivity index (χ4v) is 2.23. The summed E-state index contributed by atoms with van der Waals surface area (Å²) in [5.41, 5.74) is 5.60. The van der Waals surface area contributed by atoms with Gasteiger partial charge in [-0.05, 0) is 0 Å². The van der Waals surface area contributed by atoms with Crippen LogP contribution in [0.15, 0.2) is 0 Å². The number of carbonyl (C=O) groups excluding carboxylic acids is 1. The average molecular weight is 281 g/mol. The maximum atomic E-state index is 13.9. The first-order valence-electron chi connectivity index (χ1n) is 5.94. The summed E-state index contributed by atoms with van der Waals surface area (Å²) in [7, 11) is 0. The molecule has 0 spiro atoms. The molecule has 2 saturated heterocycles. The maximum absolute atomic E-state index is 13.9. The van der Waals surface area contributed by atoms with E-state index in [4.69, 9.17) is 15.6 Å². The Balaban J connectivity index is 2.19. The number of nitrogens with zero attached hydrogens (tertiary/aromatic N) is 1. The summed E-state index contributed by atoms with van der Waals surface area (Å²) < 4.78 is 32.7. The molecule has 2 rings (SSSR count). The number of alkyl halides is 2. The number of amides is 2. The van der Waals surface area contributed by atoms with E-state index in [0.717, 1.165) is 4.90 Å². The second-order valence-corrected chi connectivity index (χ2v) is 4.93. The minimum Gasteiger partial charge on any atom is -0.394 e. The van der Waals surface area contributed by atoms with E-state index < -0.39 is 43.2 Å². The van der Waals surface area contributed by atoms with Crippen LogP contribution in [0.4, 0.5) is 13.6 Å². The van der Waals surface area contributed by atoms with Gasteiger partial charge in [0, 0.05) is 12.5 Å². The van der Waals surface area contributed by atoms with Crippen molar-refractivity contribution in [1.29, 1.82) is 0 Å². The molecule has 0 aromatic heterocycles. The molecule has 0 aromatic rings. The smallest absolute Gasteiger partial charge is 0.320 e. The first-order chi connectivity index (χ1) is 8.78.